The molecule has 0 bridgehead atoms. The Morgan fingerprint density at radius 1 is 1.15 bits per heavy atom. The maximum atomic E-state index is 5.96. The highest BCUT2D eigenvalue weighted by Gasteiger charge is 2.12. The Hall–Kier alpha value is -1.52. The van der Waals surface area contributed by atoms with Crippen LogP contribution in [0.4, 0.5) is 5.82 Å². The monoisotopic (exact) mass is 311 g/mol. The van der Waals surface area contributed by atoms with Crippen molar-refractivity contribution >= 4 is 29.0 Å². The second-order valence-corrected chi connectivity index (χ2v) is 5.10. The van der Waals surface area contributed by atoms with Crippen molar-refractivity contribution in [2.75, 3.05) is 12.4 Å². The Kier molecular flexibility index (Phi) is 4.68. The van der Waals surface area contributed by atoms with E-state index in [0.717, 1.165) is 17.8 Å². The van der Waals surface area contributed by atoms with E-state index in [1.54, 1.807) is 18.2 Å². The molecule has 0 saturated heterocycles. The van der Waals surface area contributed by atoms with E-state index in [0.29, 0.717) is 27.5 Å². The van der Waals surface area contributed by atoms with Gasteiger partial charge in [-0.1, -0.05) is 30.1 Å². The number of nitrogens with one attached hydrogen (secondary N) is 1. The number of benzene rings is 1. The van der Waals surface area contributed by atoms with Gasteiger partial charge in [-0.2, -0.15) is 4.98 Å². The van der Waals surface area contributed by atoms with Crippen molar-refractivity contribution in [3.05, 3.63) is 39.6 Å². The minimum atomic E-state index is 0.500. The Morgan fingerprint density at radius 2 is 1.80 bits per heavy atom. The number of rotatable bonds is 4. The van der Waals surface area contributed by atoms with Crippen molar-refractivity contribution in [2.24, 2.45) is 0 Å². The lowest BCUT2D eigenvalue weighted by Gasteiger charge is -2.12. The van der Waals surface area contributed by atoms with Crippen molar-refractivity contribution in [2.45, 2.75) is 20.3 Å². The molecule has 0 unspecified atom stereocenters. The summed E-state index contributed by atoms with van der Waals surface area (Å²) in [6, 6.07) is 5.04. The molecule has 0 radical (unpaired) electrons. The summed E-state index contributed by atoms with van der Waals surface area (Å²) < 4.78 is 5.80. The highest BCUT2D eigenvalue weighted by molar-refractivity contribution is 6.34. The van der Waals surface area contributed by atoms with Crippen molar-refractivity contribution < 1.29 is 4.74 Å². The Balaban J connectivity index is 2.41. The number of hydrogen-bond acceptors (Lipinski definition) is 4. The topological polar surface area (TPSA) is 47.0 Å². The van der Waals surface area contributed by atoms with E-state index in [-0.39, 0.29) is 0 Å². The molecular weight excluding hydrogens is 297 g/mol. The Labute approximate surface area is 128 Å². The summed E-state index contributed by atoms with van der Waals surface area (Å²) in [5.74, 6) is 2.51. The third-order valence-electron chi connectivity index (χ3n) is 2.75. The molecule has 0 fully saturated rings. The molecule has 4 nitrogen and oxygen atoms in total. The first kappa shape index (κ1) is 14.9. The van der Waals surface area contributed by atoms with Gasteiger partial charge in [0.05, 0.1) is 5.56 Å². The van der Waals surface area contributed by atoms with Crippen molar-refractivity contribution in [3.63, 3.8) is 0 Å². The van der Waals surface area contributed by atoms with E-state index in [4.69, 9.17) is 27.9 Å². The first-order valence-electron chi connectivity index (χ1n) is 6.22. The van der Waals surface area contributed by atoms with E-state index in [2.05, 4.69) is 15.3 Å². The molecule has 0 aliphatic carbocycles. The molecule has 1 heterocycles. The summed E-state index contributed by atoms with van der Waals surface area (Å²) in [5.41, 5.74) is 0.834. The van der Waals surface area contributed by atoms with Gasteiger partial charge in [-0.25, -0.2) is 4.98 Å². The largest absolute Gasteiger partial charge is 0.438 e. The molecule has 6 heteroatoms. The summed E-state index contributed by atoms with van der Waals surface area (Å²) in [5, 5.41) is 4.07. The van der Waals surface area contributed by atoms with Crippen LogP contribution >= 0.6 is 23.2 Å². The van der Waals surface area contributed by atoms with Crippen LogP contribution in [0, 0.1) is 6.92 Å². The number of hydrogen-bond donors (Lipinski definition) is 1. The smallest absolute Gasteiger partial charge is 0.227 e. The van der Waals surface area contributed by atoms with Crippen LogP contribution in [0.3, 0.4) is 0 Å². The number of aromatic nitrogens is 2. The third-order valence-corrected chi connectivity index (χ3v) is 3.19. The molecule has 2 rings (SSSR count). The van der Waals surface area contributed by atoms with Gasteiger partial charge in [0.1, 0.15) is 17.4 Å². The van der Waals surface area contributed by atoms with Crippen LogP contribution in [-0.2, 0) is 6.42 Å². The quantitative estimate of drug-likeness (QED) is 0.903. The predicted octanol–water partition coefficient (Wildman–Crippen LogP) is 4.49. The predicted molar refractivity (Wildman–Crippen MR) is 82.2 cm³/mol. The average Bonchev–Trinajstić information content (AvgIpc) is 2.40. The summed E-state index contributed by atoms with van der Waals surface area (Å²) in [4.78, 5) is 8.79. The fourth-order valence-electron chi connectivity index (χ4n) is 1.74. The minimum absolute atomic E-state index is 0.500. The zero-order valence-electron chi connectivity index (χ0n) is 11.5. The number of ether oxygens (including phenoxy) is 1. The van der Waals surface area contributed by atoms with Gasteiger partial charge in [0.2, 0.25) is 5.88 Å². The normalized spacial score (nSPS) is 10.4. The third kappa shape index (κ3) is 3.32. The zero-order valence-corrected chi connectivity index (χ0v) is 13.0. The lowest BCUT2D eigenvalue weighted by molar-refractivity contribution is 0.455. The maximum Gasteiger partial charge on any atom is 0.227 e. The molecule has 0 saturated carbocycles. The molecule has 20 heavy (non-hydrogen) atoms. The summed E-state index contributed by atoms with van der Waals surface area (Å²) in [6.07, 6.45) is 0.724. The van der Waals surface area contributed by atoms with E-state index in [9.17, 15) is 0 Å². The molecule has 0 aliphatic heterocycles. The summed E-state index contributed by atoms with van der Waals surface area (Å²) in [6.45, 7) is 3.89. The van der Waals surface area contributed by atoms with Crippen LogP contribution in [-0.4, -0.2) is 17.0 Å². The molecule has 0 amide bonds. The molecule has 0 spiro atoms. The van der Waals surface area contributed by atoms with E-state index < -0.39 is 0 Å². The molecule has 1 aromatic carbocycles. The highest BCUT2D eigenvalue weighted by atomic mass is 35.5. The summed E-state index contributed by atoms with van der Waals surface area (Å²) in [7, 11) is 1.81. The van der Waals surface area contributed by atoms with Crippen LogP contribution in [0.2, 0.25) is 10.0 Å². The van der Waals surface area contributed by atoms with Crippen LogP contribution in [0.15, 0.2) is 18.2 Å². The number of halogens is 2. The van der Waals surface area contributed by atoms with Crippen molar-refractivity contribution in [3.8, 4) is 11.6 Å². The zero-order chi connectivity index (χ0) is 14.7. The van der Waals surface area contributed by atoms with Gasteiger partial charge in [0.25, 0.3) is 0 Å². The van der Waals surface area contributed by atoms with Gasteiger partial charge < -0.3 is 10.1 Å². The molecule has 0 aliphatic rings. The lowest BCUT2D eigenvalue weighted by atomic mass is 10.3. The van der Waals surface area contributed by atoms with Gasteiger partial charge in [0.15, 0.2) is 0 Å². The molecular formula is C14H15Cl2N3O. The van der Waals surface area contributed by atoms with Gasteiger partial charge in [-0.15, -0.1) is 0 Å². The lowest BCUT2D eigenvalue weighted by Crippen LogP contribution is -2.04. The fourth-order valence-corrected chi connectivity index (χ4v) is 2.25. The van der Waals surface area contributed by atoms with E-state index in [1.165, 1.54) is 0 Å². The van der Waals surface area contributed by atoms with Crippen LogP contribution in [0.5, 0.6) is 11.6 Å². The van der Waals surface area contributed by atoms with Crippen LogP contribution in [0.1, 0.15) is 18.3 Å². The average molecular weight is 312 g/mol. The number of nitrogens with zero attached hydrogens (tertiary/aromatic N) is 2. The number of anilines is 1. The molecule has 1 aromatic heterocycles. The summed E-state index contributed by atoms with van der Waals surface area (Å²) >= 11 is 11.9. The molecule has 106 valence electrons. The van der Waals surface area contributed by atoms with Crippen molar-refractivity contribution in [1.29, 1.82) is 0 Å². The Bertz CT molecular complexity index is 612. The standard InChI is InChI=1S/C14H15Cl2N3O/c1-4-12-18-13(17-3)8(2)14(19-12)20-11-6-9(15)5-10(16)7-11/h5-7H,4H2,1-3H3,(H,17,18,19). The van der Waals surface area contributed by atoms with Gasteiger partial charge in [-0.05, 0) is 25.1 Å². The second kappa shape index (κ2) is 6.29. The second-order valence-electron chi connectivity index (χ2n) is 4.23. The van der Waals surface area contributed by atoms with Crippen LogP contribution in [0.25, 0.3) is 0 Å². The molecule has 0 atom stereocenters. The number of aryl methyl sites for hydroxylation is 1. The fraction of sp³-hybridized carbons (Fsp3) is 0.286. The minimum Gasteiger partial charge on any atom is -0.438 e. The Morgan fingerprint density at radius 3 is 2.35 bits per heavy atom. The van der Waals surface area contributed by atoms with E-state index in [1.807, 2.05) is 20.9 Å². The first-order valence-corrected chi connectivity index (χ1v) is 6.98. The van der Waals surface area contributed by atoms with Crippen LogP contribution < -0.4 is 10.1 Å². The molecule has 2 aromatic rings. The highest BCUT2D eigenvalue weighted by Crippen LogP contribution is 2.30. The van der Waals surface area contributed by atoms with Gasteiger partial charge in [-0.3, -0.25) is 0 Å². The first-order chi connectivity index (χ1) is 9.53. The maximum absolute atomic E-state index is 5.96. The SMILES string of the molecule is CCc1nc(NC)c(C)c(Oc2cc(Cl)cc(Cl)c2)n1. The molecule has 1 N–H and O–H groups in total. The van der Waals surface area contributed by atoms with E-state index >= 15 is 0 Å². The van der Waals surface area contributed by atoms with Gasteiger partial charge in [0, 0.05) is 23.5 Å². The van der Waals surface area contributed by atoms with Gasteiger partial charge >= 0.3 is 0 Å². The van der Waals surface area contributed by atoms with Crippen molar-refractivity contribution in [1.82, 2.24) is 9.97 Å².